The SMILES string of the molecule is COc1ncc(-c2cccc3cc([C@H](C)Nc4nc(N)ncc4C)n(-c4cccc(F)c4)c(=O)c23)cn1. The Kier molecular flexibility index (Phi) is 6.22. The molecule has 9 nitrogen and oxygen atoms in total. The average Bonchev–Trinajstić information content (AvgIpc) is 2.90. The Hall–Kier alpha value is -4.86. The van der Waals surface area contributed by atoms with Gasteiger partial charge in [-0.1, -0.05) is 24.3 Å². The first kappa shape index (κ1) is 23.9. The third-order valence-electron chi connectivity index (χ3n) is 6.05. The van der Waals surface area contributed by atoms with Crippen molar-refractivity contribution >= 4 is 22.5 Å². The van der Waals surface area contributed by atoms with Crippen LogP contribution >= 0.6 is 0 Å². The lowest BCUT2D eigenvalue weighted by molar-refractivity contribution is 0.380. The quantitative estimate of drug-likeness (QED) is 0.353. The molecule has 10 heteroatoms. The van der Waals surface area contributed by atoms with E-state index in [0.717, 1.165) is 5.56 Å². The summed E-state index contributed by atoms with van der Waals surface area (Å²) < 4.78 is 20.9. The predicted molar refractivity (Wildman–Crippen MR) is 140 cm³/mol. The van der Waals surface area contributed by atoms with E-state index in [9.17, 15) is 9.18 Å². The van der Waals surface area contributed by atoms with Crippen LogP contribution < -0.4 is 21.3 Å². The van der Waals surface area contributed by atoms with Gasteiger partial charge < -0.3 is 15.8 Å². The molecule has 0 aliphatic rings. The summed E-state index contributed by atoms with van der Waals surface area (Å²) in [4.78, 5) is 30.8. The van der Waals surface area contributed by atoms with Gasteiger partial charge >= 0.3 is 6.01 Å². The van der Waals surface area contributed by atoms with E-state index in [0.29, 0.717) is 39.1 Å². The van der Waals surface area contributed by atoms with Gasteiger partial charge in [-0.3, -0.25) is 9.36 Å². The predicted octanol–water partition coefficient (Wildman–Crippen LogP) is 4.45. The highest BCUT2D eigenvalue weighted by atomic mass is 19.1. The molecule has 0 amide bonds. The molecular weight excluding hydrogens is 473 g/mol. The molecule has 5 rings (SSSR count). The second-order valence-corrected chi connectivity index (χ2v) is 8.54. The summed E-state index contributed by atoms with van der Waals surface area (Å²) in [5, 5.41) is 4.50. The molecule has 3 heterocycles. The van der Waals surface area contributed by atoms with Crippen LogP contribution in [0.3, 0.4) is 0 Å². The standard InChI is InChI=1S/C27H24FN7O2/c1-15-12-30-26(29)34-24(15)33-16(2)22-10-17-6-4-9-21(18-13-31-27(37-3)32-14-18)23(17)25(36)35(22)20-8-5-7-19(28)11-20/h4-14,16H,1-3H3,(H3,29,30,33,34)/t16-/m0/s1. The van der Waals surface area contributed by atoms with Crippen molar-refractivity contribution in [3.8, 4) is 22.8 Å². The van der Waals surface area contributed by atoms with Crippen molar-refractivity contribution in [3.05, 3.63) is 94.5 Å². The summed E-state index contributed by atoms with van der Waals surface area (Å²) in [6.45, 7) is 3.76. The summed E-state index contributed by atoms with van der Waals surface area (Å²) in [5.74, 6) is 0.225. The molecule has 5 aromatic rings. The zero-order valence-corrected chi connectivity index (χ0v) is 20.4. The van der Waals surface area contributed by atoms with Gasteiger partial charge in [-0.15, -0.1) is 0 Å². The summed E-state index contributed by atoms with van der Waals surface area (Å²) in [7, 11) is 1.48. The number of fused-ring (bicyclic) bond motifs is 1. The van der Waals surface area contributed by atoms with E-state index in [1.54, 1.807) is 30.7 Å². The molecule has 37 heavy (non-hydrogen) atoms. The number of hydrogen-bond donors (Lipinski definition) is 2. The molecule has 0 aliphatic heterocycles. The van der Waals surface area contributed by atoms with Gasteiger partial charge in [0.1, 0.15) is 11.6 Å². The second kappa shape index (κ2) is 9.65. The molecule has 0 fully saturated rings. The van der Waals surface area contributed by atoms with E-state index >= 15 is 0 Å². The molecule has 186 valence electrons. The zero-order chi connectivity index (χ0) is 26.1. The third-order valence-corrected chi connectivity index (χ3v) is 6.05. The van der Waals surface area contributed by atoms with E-state index in [1.165, 1.54) is 23.8 Å². The lowest BCUT2D eigenvalue weighted by Crippen LogP contribution is -2.26. The maximum Gasteiger partial charge on any atom is 0.316 e. The number of nitrogens with two attached hydrogens (primary N) is 1. The van der Waals surface area contributed by atoms with Crippen LogP contribution in [0.5, 0.6) is 6.01 Å². The van der Waals surface area contributed by atoms with Gasteiger partial charge in [-0.25, -0.2) is 19.3 Å². The molecule has 0 aliphatic carbocycles. The van der Waals surface area contributed by atoms with Crippen LogP contribution in [0.1, 0.15) is 24.2 Å². The van der Waals surface area contributed by atoms with Gasteiger partial charge in [0.15, 0.2) is 0 Å². The molecule has 1 atom stereocenters. The van der Waals surface area contributed by atoms with E-state index in [4.69, 9.17) is 10.5 Å². The van der Waals surface area contributed by atoms with Crippen molar-refractivity contribution in [2.24, 2.45) is 0 Å². The lowest BCUT2D eigenvalue weighted by atomic mass is 9.99. The monoisotopic (exact) mass is 497 g/mol. The smallest absolute Gasteiger partial charge is 0.316 e. The Labute approximate surface area is 211 Å². The number of halogens is 1. The molecule has 0 saturated carbocycles. The number of aryl methyl sites for hydroxylation is 1. The number of nitrogen functional groups attached to an aromatic ring is 1. The third kappa shape index (κ3) is 4.56. The number of pyridine rings is 1. The molecular formula is C27H24FN7O2. The highest BCUT2D eigenvalue weighted by molar-refractivity contribution is 5.96. The summed E-state index contributed by atoms with van der Waals surface area (Å²) >= 11 is 0. The number of nitrogens with one attached hydrogen (secondary N) is 1. The van der Waals surface area contributed by atoms with Crippen LogP contribution in [0.2, 0.25) is 0 Å². The van der Waals surface area contributed by atoms with Crippen LogP contribution in [-0.2, 0) is 0 Å². The number of hydrogen-bond acceptors (Lipinski definition) is 8. The normalized spacial score (nSPS) is 11.9. The zero-order valence-electron chi connectivity index (χ0n) is 20.4. The number of methoxy groups -OCH3 is 1. The number of aromatic nitrogens is 5. The Morgan fingerprint density at radius 1 is 1.05 bits per heavy atom. The minimum atomic E-state index is -0.452. The first-order valence-electron chi connectivity index (χ1n) is 11.5. The average molecular weight is 498 g/mol. The minimum absolute atomic E-state index is 0.132. The van der Waals surface area contributed by atoms with Gasteiger partial charge in [-0.05, 0) is 49.1 Å². The van der Waals surface area contributed by atoms with Crippen LogP contribution in [0, 0.1) is 12.7 Å². The molecule has 0 spiro atoms. The summed E-state index contributed by atoms with van der Waals surface area (Å²) in [6.07, 6.45) is 4.83. The van der Waals surface area contributed by atoms with Crippen molar-refractivity contribution in [2.45, 2.75) is 19.9 Å². The Bertz CT molecular complexity index is 1670. The van der Waals surface area contributed by atoms with Gasteiger partial charge in [0.2, 0.25) is 5.95 Å². The van der Waals surface area contributed by atoms with E-state index in [1.807, 2.05) is 38.1 Å². The topological polar surface area (TPSA) is 121 Å². The van der Waals surface area contributed by atoms with Gasteiger partial charge in [0, 0.05) is 35.4 Å². The van der Waals surface area contributed by atoms with Crippen LogP contribution in [0.15, 0.2) is 71.9 Å². The molecule has 0 saturated heterocycles. The molecule has 3 N–H and O–H groups in total. The van der Waals surface area contributed by atoms with Crippen LogP contribution in [0.4, 0.5) is 16.2 Å². The van der Waals surface area contributed by atoms with Crippen molar-refractivity contribution in [1.29, 1.82) is 0 Å². The fourth-order valence-corrected chi connectivity index (χ4v) is 4.26. The molecule has 3 aromatic heterocycles. The van der Waals surface area contributed by atoms with Crippen molar-refractivity contribution in [1.82, 2.24) is 24.5 Å². The molecule has 0 unspecified atom stereocenters. The highest BCUT2D eigenvalue weighted by Gasteiger charge is 2.20. The summed E-state index contributed by atoms with van der Waals surface area (Å²) in [5.41, 5.74) is 8.60. The van der Waals surface area contributed by atoms with Gasteiger partial charge in [-0.2, -0.15) is 4.98 Å². The molecule has 0 radical (unpaired) electrons. The number of anilines is 2. The van der Waals surface area contributed by atoms with Gasteiger partial charge in [0.25, 0.3) is 5.56 Å². The summed E-state index contributed by atoms with van der Waals surface area (Å²) in [6, 6.07) is 13.2. The van der Waals surface area contributed by atoms with Crippen molar-refractivity contribution < 1.29 is 9.13 Å². The second-order valence-electron chi connectivity index (χ2n) is 8.54. The van der Waals surface area contributed by atoms with Gasteiger partial charge in [0.05, 0.1) is 24.2 Å². The van der Waals surface area contributed by atoms with E-state index in [-0.39, 0.29) is 17.5 Å². The number of benzene rings is 2. The first-order chi connectivity index (χ1) is 17.9. The first-order valence-corrected chi connectivity index (χ1v) is 11.5. The highest BCUT2D eigenvalue weighted by Crippen LogP contribution is 2.30. The number of nitrogens with zero attached hydrogens (tertiary/aromatic N) is 5. The van der Waals surface area contributed by atoms with E-state index < -0.39 is 11.9 Å². The maximum absolute atomic E-state index is 14.3. The fourth-order valence-electron chi connectivity index (χ4n) is 4.26. The van der Waals surface area contributed by atoms with Crippen LogP contribution in [-0.4, -0.2) is 31.6 Å². The number of ether oxygens (including phenoxy) is 1. The molecule has 2 aromatic carbocycles. The fraction of sp³-hybridized carbons (Fsp3) is 0.148. The van der Waals surface area contributed by atoms with Crippen molar-refractivity contribution in [2.75, 3.05) is 18.2 Å². The Balaban J connectivity index is 1.74. The minimum Gasteiger partial charge on any atom is -0.467 e. The maximum atomic E-state index is 14.3. The molecule has 0 bridgehead atoms. The Morgan fingerprint density at radius 2 is 1.81 bits per heavy atom. The van der Waals surface area contributed by atoms with Crippen molar-refractivity contribution in [3.63, 3.8) is 0 Å². The number of rotatable bonds is 6. The largest absolute Gasteiger partial charge is 0.467 e. The lowest BCUT2D eigenvalue weighted by Gasteiger charge is -2.22. The van der Waals surface area contributed by atoms with Crippen LogP contribution in [0.25, 0.3) is 27.6 Å². The van der Waals surface area contributed by atoms with E-state index in [2.05, 4.69) is 25.3 Å². The Morgan fingerprint density at radius 3 is 2.54 bits per heavy atom.